The number of carbonyl (C=O) groups excluding carboxylic acids is 2. The summed E-state index contributed by atoms with van der Waals surface area (Å²) < 4.78 is 55.4. The lowest BCUT2D eigenvalue weighted by Gasteiger charge is -2.36. The Morgan fingerprint density at radius 3 is 2.46 bits per heavy atom. The summed E-state index contributed by atoms with van der Waals surface area (Å²) in [4.78, 5) is 32.1. The summed E-state index contributed by atoms with van der Waals surface area (Å²) in [6.45, 7) is 3.34. The van der Waals surface area contributed by atoms with Crippen LogP contribution in [0.3, 0.4) is 0 Å². The van der Waals surface area contributed by atoms with Crippen molar-refractivity contribution < 1.29 is 26.8 Å². The van der Waals surface area contributed by atoms with Gasteiger partial charge in [-0.15, -0.1) is 0 Å². The second-order valence-corrected chi connectivity index (χ2v) is 11.5. The van der Waals surface area contributed by atoms with Crippen LogP contribution in [0.15, 0.2) is 59.9 Å². The quantitative estimate of drug-likeness (QED) is 0.286. The zero-order valence-corrected chi connectivity index (χ0v) is 21.6. The molecular weight excluding hydrogens is 532 g/mol. The van der Waals surface area contributed by atoms with Crippen LogP contribution in [0.4, 0.5) is 20.4 Å². The molecule has 14 heteroatoms. The van der Waals surface area contributed by atoms with E-state index in [0.717, 1.165) is 16.4 Å². The van der Waals surface area contributed by atoms with Gasteiger partial charge in [0, 0.05) is 54.4 Å². The molecule has 1 aliphatic rings. The molecule has 0 saturated heterocycles. The predicted octanol–water partition coefficient (Wildman–Crippen LogP) is 3.40. The number of halogens is 2. The summed E-state index contributed by atoms with van der Waals surface area (Å²) in [7, 11) is -4.30. The Morgan fingerprint density at radius 1 is 1.05 bits per heavy atom. The highest BCUT2D eigenvalue weighted by Gasteiger charge is 2.41. The van der Waals surface area contributed by atoms with Gasteiger partial charge in [0.1, 0.15) is 17.5 Å². The summed E-state index contributed by atoms with van der Waals surface area (Å²) in [5.41, 5.74) is 0.596. The number of sulfonamides is 1. The number of benzene rings is 1. The first-order valence-corrected chi connectivity index (χ1v) is 13.1. The summed E-state index contributed by atoms with van der Waals surface area (Å²) >= 11 is 0. The van der Waals surface area contributed by atoms with E-state index in [1.54, 1.807) is 26.1 Å². The molecular formula is C25H23F2N7O4S. The lowest BCUT2D eigenvalue weighted by atomic mass is 9.84. The Bertz CT molecular complexity index is 1660. The number of H-pyrrole nitrogens is 2. The molecule has 0 unspecified atom stereocenters. The minimum Gasteiger partial charge on any atom is -0.367 e. The number of pyridine rings is 1. The average molecular weight is 556 g/mol. The number of aromatic amines is 2. The normalized spacial score (nSPS) is 15.0. The lowest BCUT2D eigenvalue weighted by Crippen LogP contribution is -2.45. The van der Waals surface area contributed by atoms with E-state index in [9.17, 15) is 26.8 Å². The monoisotopic (exact) mass is 555 g/mol. The van der Waals surface area contributed by atoms with Crippen molar-refractivity contribution in [2.45, 2.75) is 30.7 Å². The Hall–Kier alpha value is -4.43. The fraction of sp³-hybridized carbons (Fsp3) is 0.200. The number of nitrogens with zero attached hydrogens (tertiary/aromatic N) is 3. The van der Waals surface area contributed by atoms with Gasteiger partial charge in [-0.3, -0.25) is 14.7 Å². The van der Waals surface area contributed by atoms with Crippen LogP contribution in [0.2, 0.25) is 0 Å². The van der Waals surface area contributed by atoms with Crippen molar-refractivity contribution >= 4 is 33.5 Å². The number of hydrogen-bond acceptors (Lipinski definition) is 6. The number of nitrogens with one attached hydrogen (secondary N) is 4. The number of amides is 2. The van der Waals surface area contributed by atoms with E-state index in [-0.39, 0.29) is 30.3 Å². The Labute approximate surface area is 221 Å². The molecule has 5 rings (SSSR count). The van der Waals surface area contributed by atoms with E-state index in [1.165, 1.54) is 24.5 Å². The number of anilines is 2. The van der Waals surface area contributed by atoms with Gasteiger partial charge < -0.3 is 15.6 Å². The van der Waals surface area contributed by atoms with Crippen molar-refractivity contribution in [3.8, 4) is 0 Å². The number of hydrogen-bond donors (Lipinski definition) is 4. The highest BCUT2D eigenvalue weighted by atomic mass is 32.2. The van der Waals surface area contributed by atoms with Crippen LogP contribution in [0.1, 0.15) is 45.8 Å². The zero-order valence-electron chi connectivity index (χ0n) is 20.7. The van der Waals surface area contributed by atoms with Crippen LogP contribution in [-0.4, -0.2) is 51.2 Å². The second kappa shape index (κ2) is 9.71. The van der Waals surface area contributed by atoms with Gasteiger partial charge >= 0.3 is 0 Å². The zero-order chi connectivity index (χ0) is 27.9. The molecule has 0 radical (unpaired) electrons. The van der Waals surface area contributed by atoms with Gasteiger partial charge in [-0.05, 0) is 30.3 Å². The summed E-state index contributed by atoms with van der Waals surface area (Å²) in [6, 6.07) is 6.65. The predicted molar refractivity (Wildman–Crippen MR) is 137 cm³/mol. The van der Waals surface area contributed by atoms with Crippen LogP contribution in [-0.2, 0) is 22.0 Å². The van der Waals surface area contributed by atoms with Crippen molar-refractivity contribution in [2.75, 3.05) is 17.2 Å². The molecule has 0 aliphatic carbocycles. The molecule has 4 N–H and O–H groups in total. The first-order valence-electron chi connectivity index (χ1n) is 11.7. The van der Waals surface area contributed by atoms with Crippen LogP contribution >= 0.6 is 0 Å². The van der Waals surface area contributed by atoms with Crippen molar-refractivity contribution in [3.05, 3.63) is 89.0 Å². The van der Waals surface area contributed by atoms with Gasteiger partial charge in [0.05, 0.1) is 16.0 Å². The van der Waals surface area contributed by atoms with E-state index in [0.29, 0.717) is 22.9 Å². The fourth-order valence-electron chi connectivity index (χ4n) is 4.44. The standard InChI is InChI=1S/C25H23F2N7O4S/c1-25(2)13-34(39(37,38)17-9-15(26)8-16(27)10-17)12-19-20(25)32-33-22(19)31-24(36)18-4-3-6-29-21(18)30-23(35)14-5-7-28-11-14/h3-11,28H,12-13H2,1-2H3,(H,29,30,35)(H2,31,32,33,36). The number of carbonyl (C=O) groups is 2. The van der Waals surface area contributed by atoms with Crippen molar-refractivity contribution in [1.29, 1.82) is 0 Å². The molecule has 39 heavy (non-hydrogen) atoms. The number of aromatic nitrogens is 4. The van der Waals surface area contributed by atoms with Crippen molar-refractivity contribution in [1.82, 2.24) is 24.5 Å². The number of rotatable bonds is 6. The molecule has 3 aromatic heterocycles. The molecule has 1 aromatic carbocycles. The maximum Gasteiger partial charge on any atom is 0.260 e. The SMILES string of the molecule is CC1(C)CN(S(=O)(=O)c2cc(F)cc(F)c2)Cc2c(NC(=O)c3cccnc3NC(=O)c3cc[nH]c3)n[nH]c21. The second-order valence-electron chi connectivity index (χ2n) is 9.60. The molecule has 4 aromatic rings. The molecule has 2 amide bonds. The molecule has 0 bridgehead atoms. The molecule has 0 fully saturated rings. The first kappa shape index (κ1) is 26.2. The number of fused-ring (bicyclic) bond motifs is 1. The van der Waals surface area contributed by atoms with E-state index in [2.05, 4.69) is 30.8 Å². The van der Waals surface area contributed by atoms with Crippen LogP contribution in [0.25, 0.3) is 0 Å². The smallest absolute Gasteiger partial charge is 0.260 e. The van der Waals surface area contributed by atoms with Gasteiger partial charge in [-0.2, -0.15) is 9.40 Å². The Balaban J connectivity index is 1.43. The molecule has 0 saturated carbocycles. The van der Waals surface area contributed by atoms with E-state index in [4.69, 9.17) is 0 Å². The minimum atomic E-state index is -4.30. The van der Waals surface area contributed by atoms with Gasteiger partial charge in [-0.1, -0.05) is 13.8 Å². The van der Waals surface area contributed by atoms with E-state index >= 15 is 0 Å². The van der Waals surface area contributed by atoms with Crippen molar-refractivity contribution in [2.24, 2.45) is 0 Å². The highest BCUT2D eigenvalue weighted by Crippen LogP contribution is 2.38. The first-order chi connectivity index (χ1) is 18.5. The molecule has 0 atom stereocenters. The molecule has 4 heterocycles. The molecule has 1 aliphatic heterocycles. The molecule has 11 nitrogen and oxygen atoms in total. The van der Waals surface area contributed by atoms with Gasteiger partial charge in [0.25, 0.3) is 11.8 Å². The third kappa shape index (κ3) is 5.03. The van der Waals surface area contributed by atoms with E-state index < -0.39 is 43.8 Å². The fourth-order valence-corrected chi connectivity index (χ4v) is 6.05. The maximum absolute atomic E-state index is 13.8. The highest BCUT2D eigenvalue weighted by molar-refractivity contribution is 7.89. The summed E-state index contributed by atoms with van der Waals surface area (Å²) in [6.07, 6.45) is 4.49. The van der Waals surface area contributed by atoms with Gasteiger partial charge in [0.15, 0.2) is 5.82 Å². The third-order valence-corrected chi connectivity index (χ3v) is 8.07. The van der Waals surface area contributed by atoms with Crippen LogP contribution in [0.5, 0.6) is 0 Å². The Kier molecular flexibility index (Phi) is 6.52. The van der Waals surface area contributed by atoms with Crippen LogP contribution < -0.4 is 10.6 Å². The minimum absolute atomic E-state index is 0.00597. The molecule has 0 spiro atoms. The molecule has 202 valence electrons. The van der Waals surface area contributed by atoms with Crippen molar-refractivity contribution in [3.63, 3.8) is 0 Å². The Morgan fingerprint density at radius 2 is 1.77 bits per heavy atom. The third-order valence-electron chi connectivity index (χ3n) is 6.30. The van der Waals surface area contributed by atoms with Gasteiger partial charge in [0.2, 0.25) is 10.0 Å². The largest absolute Gasteiger partial charge is 0.367 e. The summed E-state index contributed by atoms with van der Waals surface area (Å²) in [5.74, 6) is -3.07. The summed E-state index contributed by atoms with van der Waals surface area (Å²) in [5, 5.41) is 12.3. The topological polar surface area (TPSA) is 153 Å². The maximum atomic E-state index is 13.8. The van der Waals surface area contributed by atoms with Crippen LogP contribution in [0, 0.1) is 11.6 Å². The average Bonchev–Trinajstić information content (AvgIpc) is 3.55. The lowest BCUT2D eigenvalue weighted by molar-refractivity contribution is 0.102. The van der Waals surface area contributed by atoms with E-state index in [1.807, 2.05) is 0 Å². The van der Waals surface area contributed by atoms with Gasteiger partial charge in [-0.25, -0.2) is 22.2 Å².